The van der Waals surface area contributed by atoms with Crippen molar-refractivity contribution in [2.75, 3.05) is 66.4 Å². The monoisotopic (exact) mass is 1700 g/mol. The zero-order chi connectivity index (χ0) is 89.6. The zero-order valence-electron chi connectivity index (χ0n) is 71.2. The number of primary amides is 1. The van der Waals surface area contributed by atoms with Crippen molar-refractivity contribution < 1.29 is 86.9 Å². The topological polar surface area (TPSA) is 444 Å². The van der Waals surface area contributed by atoms with Gasteiger partial charge < -0.3 is 77.3 Å². The van der Waals surface area contributed by atoms with Gasteiger partial charge in [0.25, 0.3) is 0 Å². The number of para-hydroxylation sites is 1. The van der Waals surface area contributed by atoms with Gasteiger partial charge in [-0.1, -0.05) is 169 Å². The van der Waals surface area contributed by atoms with E-state index in [1.807, 2.05) is 39.0 Å². The molecule has 122 heavy (non-hydrogen) atoms. The van der Waals surface area contributed by atoms with Crippen LogP contribution < -0.4 is 37.6 Å². The van der Waals surface area contributed by atoms with Crippen LogP contribution in [0.25, 0.3) is 10.9 Å². The van der Waals surface area contributed by atoms with E-state index in [4.69, 9.17) is 5.73 Å². The van der Waals surface area contributed by atoms with Crippen LogP contribution in [0.15, 0.2) is 146 Å². The Morgan fingerprint density at radius 1 is 0.533 bits per heavy atom. The number of carboxylic acid groups (broad SMARTS) is 1. The fourth-order valence-electron chi connectivity index (χ4n) is 14.9. The van der Waals surface area contributed by atoms with Crippen LogP contribution in [0.3, 0.4) is 0 Å². The summed E-state index contributed by atoms with van der Waals surface area (Å²) in [6.07, 6.45) is -0.266. The van der Waals surface area contributed by atoms with Crippen LogP contribution in [-0.4, -0.2) is 249 Å². The highest BCUT2D eigenvalue weighted by atomic mass is 32.2. The third-order valence-electron chi connectivity index (χ3n) is 21.7. The first-order valence-corrected chi connectivity index (χ1v) is 42.3. The van der Waals surface area contributed by atoms with Crippen LogP contribution in [0, 0.1) is 29.6 Å². The van der Waals surface area contributed by atoms with Gasteiger partial charge in [-0.2, -0.15) is 0 Å². The number of rotatable bonds is 21. The summed E-state index contributed by atoms with van der Waals surface area (Å²) < 4.78 is 0. The number of nitrogens with two attached hydrogens (primary N) is 1. The first-order valence-electron chi connectivity index (χ1n) is 41.1. The summed E-state index contributed by atoms with van der Waals surface area (Å²) in [7, 11) is 6.73. The predicted octanol–water partition coefficient (Wildman–Crippen LogP) is 4.67. The molecule has 1 aromatic heterocycles. The number of aliphatic carboxylic acids is 1. The van der Waals surface area contributed by atoms with E-state index in [9.17, 15) is 63.0 Å². The second-order valence-corrected chi connectivity index (χ2v) is 33.3. The molecule has 1 aliphatic heterocycles. The van der Waals surface area contributed by atoms with E-state index in [1.54, 1.807) is 129 Å². The number of aromatic hydroxyl groups is 1. The number of likely N-dealkylation sites (N-methyl/N-ethyl adjacent to an activating group) is 5. The van der Waals surface area contributed by atoms with Gasteiger partial charge in [-0.25, -0.2) is 0 Å². The number of thioether (sulfide) groups is 1. The minimum atomic E-state index is -1.87. The normalized spacial score (nSPS) is 22.7. The Bertz CT molecular complexity index is 4650. The number of H-pyrrole nitrogens is 1. The van der Waals surface area contributed by atoms with Gasteiger partial charge in [0.05, 0.1) is 43.9 Å². The molecule has 0 radical (unpaired) electrons. The number of carbonyl (C=O) groups excluding carboxylic acids is 15. The molecule has 1 aliphatic rings. The van der Waals surface area contributed by atoms with Crippen molar-refractivity contribution in [1.82, 2.24) is 61.4 Å². The first kappa shape index (κ1) is 97.0. The van der Waals surface area contributed by atoms with E-state index in [0.717, 1.165) is 37.4 Å². The maximum absolute atomic E-state index is 15.5. The number of fused-ring (bicyclic) bond motifs is 1. The Balaban J connectivity index is 1.29. The number of benzene rings is 5. The van der Waals surface area contributed by atoms with Crippen LogP contribution in [-0.2, 0) is 109 Å². The lowest BCUT2D eigenvalue weighted by Gasteiger charge is -2.37. The molecule has 2 heterocycles. The zero-order valence-corrected chi connectivity index (χ0v) is 72.1. The summed E-state index contributed by atoms with van der Waals surface area (Å²) in [4.78, 5) is 241. The molecular weight excluding hydrogens is 1580 g/mol. The van der Waals surface area contributed by atoms with Crippen molar-refractivity contribution >= 4 is 117 Å². The van der Waals surface area contributed by atoms with Crippen molar-refractivity contribution in [1.29, 1.82) is 0 Å². The molecule has 0 bridgehead atoms. The minimum absolute atomic E-state index is 0.0487. The lowest BCUT2D eigenvalue weighted by Crippen LogP contribution is -2.59. The lowest BCUT2D eigenvalue weighted by molar-refractivity contribution is -0.151. The van der Waals surface area contributed by atoms with Crippen LogP contribution in [0.5, 0.6) is 5.75 Å². The van der Waals surface area contributed by atoms with Crippen molar-refractivity contribution in [3.63, 3.8) is 0 Å². The Kier molecular flexibility index (Phi) is 37.5. The van der Waals surface area contributed by atoms with E-state index < -0.39 is 217 Å². The third-order valence-corrected chi connectivity index (χ3v) is 22.7. The highest BCUT2D eigenvalue weighted by Gasteiger charge is 2.42. The van der Waals surface area contributed by atoms with E-state index in [2.05, 4.69) is 36.9 Å². The molecule has 0 aliphatic carbocycles. The van der Waals surface area contributed by atoms with E-state index >= 15 is 24.0 Å². The molecule has 656 valence electrons. The number of hydrogen-bond acceptors (Lipinski definition) is 18. The van der Waals surface area contributed by atoms with Gasteiger partial charge in [-0.3, -0.25) is 76.7 Å². The van der Waals surface area contributed by atoms with Crippen LogP contribution >= 0.6 is 11.8 Å². The predicted molar refractivity (Wildman–Crippen MR) is 459 cm³/mol. The van der Waals surface area contributed by atoms with Crippen LogP contribution in [0.4, 0.5) is 0 Å². The summed E-state index contributed by atoms with van der Waals surface area (Å²) in [6.45, 7) is 8.06. The number of aromatic nitrogens is 1. The Labute approximate surface area is 715 Å². The number of amides is 12. The first-order chi connectivity index (χ1) is 57.9. The Hall–Kier alpha value is -12.1. The molecule has 1 fully saturated rings. The molecule has 31 nitrogen and oxygen atoms in total. The van der Waals surface area contributed by atoms with Gasteiger partial charge in [0.15, 0.2) is 17.3 Å². The van der Waals surface area contributed by atoms with Gasteiger partial charge in [0.2, 0.25) is 70.9 Å². The molecule has 1 saturated heterocycles. The summed E-state index contributed by atoms with van der Waals surface area (Å²) in [5.41, 5.74) is 9.08. The summed E-state index contributed by atoms with van der Waals surface area (Å²) >= 11 is 0.874. The minimum Gasteiger partial charge on any atom is -0.508 e. The van der Waals surface area contributed by atoms with Gasteiger partial charge in [-0.05, 0) is 96.9 Å². The van der Waals surface area contributed by atoms with Crippen molar-refractivity contribution in [2.45, 2.75) is 173 Å². The number of unbranched alkanes of at least 4 members (excludes halogenated alkanes) is 1. The highest BCUT2D eigenvalue weighted by molar-refractivity contribution is 8.00. The summed E-state index contributed by atoms with van der Waals surface area (Å²) in [6, 6.07) is 27.6. The number of aromatic amines is 1. The maximum Gasteiger partial charge on any atom is 0.305 e. The molecule has 12 amide bonds. The number of carbonyl (C=O) groups is 16. The smallest absolute Gasteiger partial charge is 0.305 e. The summed E-state index contributed by atoms with van der Waals surface area (Å²) in [5, 5.41) is 37.0. The number of carboxylic acids is 1. The Morgan fingerprint density at radius 3 is 1.66 bits per heavy atom. The Morgan fingerprint density at radius 2 is 1.07 bits per heavy atom. The van der Waals surface area contributed by atoms with E-state index in [1.165, 1.54) is 64.1 Å². The van der Waals surface area contributed by atoms with E-state index in [0.29, 0.717) is 40.7 Å². The third kappa shape index (κ3) is 29.4. The molecule has 11 N–H and O–H groups in total. The standard InChI is InChI=1S/C90H117N13O18S/c1-12-13-33-72-88(119)100(8)51-78(109)95-69(47-80(111)112)85(116)98-81(55(4)5)90(121)102(10)73(41-58-27-19-15-20-28-58)76(107)46-63(39-60-34-36-65(104)37-35-60)86(117)99(7)50-66(105)44-62(43-64-48-92-68-32-24-23-31-67(64)68)82(113)94-56(6)75(106)45-61(38-54(2)3)83(114)97-71(84(115)93-49-77(91)108)52-122-53-79(110)96-70(40-57-25-17-14-18-26-57)87(118)103(11)74(89(120)101(72)9)42-59-29-21-16-22-30-59/h14-32,34-37,48,54-56,61-63,69-74,81,92,104H,12-13,33,38-47,49-53H2,1-11H3,(H2,91,108)(H,93,115)(H,94,113)(H,95,109)(H,96,110)(H,97,114)(H,98,116)(H,111,112)/t56-,61+,62+,63+,69-,70-,71-,72-,73-,74-,81?/m0/s1. The molecule has 32 heteroatoms. The molecule has 0 saturated carbocycles. The van der Waals surface area contributed by atoms with Gasteiger partial charge in [0.1, 0.15) is 42.0 Å². The summed E-state index contributed by atoms with van der Waals surface area (Å²) in [5.74, 6) is -18.7. The lowest BCUT2D eigenvalue weighted by atomic mass is 9.88. The molecular formula is C90H117N13O18S. The van der Waals surface area contributed by atoms with Gasteiger partial charge in [-0.15, -0.1) is 11.8 Å². The highest BCUT2D eigenvalue weighted by Crippen LogP contribution is 2.28. The number of ketones is 3. The number of hydrogen-bond donors (Lipinski definition) is 10. The molecule has 1 unspecified atom stereocenters. The fourth-order valence-corrected chi connectivity index (χ4v) is 15.7. The quantitative estimate of drug-likeness (QED) is 0.0468. The number of nitrogens with one attached hydrogen (secondary N) is 7. The molecule has 0 spiro atoms. The fraction of sp³-hybridized carbons (Fsp3) is 0.467. The average molecular weight is 1700 g/mol. The molecule has 11 atom stereocenters. The number of Topliss-reactive ketones (excluding diaryl/α,β-unsaturated/α-hetero) is 3. The average Bonchev–Trinajstić information content (AvgIpc) is 1.79. The number of phenols is 1. The molecule has 5 aromatic carbocycles. The van der Waals surface area contributed by atoms with Crippen molar-refractivity contribution in [3.05, 3.63) is 174 Å². The number of nitrogens with zero attached hydrogens (tertiary/aromatic N) is 5. The molecule has 6 aromatic rings. The van der Waals surface area contributed by atoms with Crippen molar-refractivity contribution in [2.24, 2.45) is 35.3 Å². The maximum atomic E-state index is 15.5. The van der Waals surface area contributed by atoms with E-state index in [-0.39, 0.29) is 62.4 Å². The largest absolute Gasteiger partial charge is 0.508 e. The van der Waals surface area contributed by atoms with Crippen LogP contribution in [0.2, 0.25) is 0 Å². The number of phenolic OH excluding ortho intramolecular Hbond substituents is 1. The second-order valence-electron chi connectivity index (χ2n) is 32.3. The SMILES string of the molecule is CCCC[C@H]1C(=O)N(C)CC(=O)N[C@@H](CC(=O)O)C(=O)NC(C(C)C)C(=O)N(C)[C@@H](Cc2ccccc2)C(=O)C[C@@H](Cc2ccc(O)cc2)C(=O)N(C)CC(=O)C[C@@H](Cc2c[nH]c3ccccc23)C(=O)N[C@@H](C)C(=O)C[C@@H](CC(C)C)C(=O)N[C@H](C(=O)NCC(N)=O)CSCC(=O)N[C@@H](Cc2ccccc2)C(=O)N(C)[C@@H](Cc2ccccc2)C(=O)N1C. The van der Waals surface area contributed by atoms with Crippen LogP contribution in [0.1, 0.15) is 121 Å². The van der Waals surface area contributed by atoms with Gasteiger partial charge in [0, 0.05) is 108 Å². The molecule has 7 rings (SSSR count). The second kappa shape index (κ2) is 47.2. The van der Waals surface area contributed by atoms with Crippen molar-refractivity contribution in [3.8, 4) is 5.75 Å². The van der Waals surface area contributed by atoms with Gasteiger partial charge >= 0.3 is 5.97 Å².